The number of hydrogen-bond acceptors (Lipinski definition) is 4. The van der Waals surface area contributed by atoms with Crippen LogP contribution in [0.15, 0.2) is 57.9 Å². The van der Waals surface area contributed by atoms with Gasteiger partial charge in [0.15, 0.2) is 0 Å². The molecule has 3 rings (SSSR count). The highest BCUT2D eigenvalue weighted by molar-refractivity contribution is 9.10. The number of thiocarbonyl (C=S) groups is 1. The van der Waals surface area contributed by atoms with Crippen molar-refractivity contribution in [2.75, 3.05) is 6.61 Å². The standard InChI is InChI=1S/C19H16BrNO2S2/c20-15-8-9-16(23-10-4-7-13-5-2-1-3-6-13)14(11-15)12-17-18(22)21-19(24)25-17/h1-3,5-6,8-9,11-12H,4,7,10H2,(H,21,22,24). The van der Waals surface area contributed by atoms with Crippen LogP contribution in [-0.2, 0) is 11.2 Å². The van der Waals surface area contributed by atoms with Crippen molar-refractivity contribution in [3.63, 3.8) is 0 Å². The van der Waals surface area contributed by atoms with Gasteiger partial charge in [-0.2, -0.15) is 0 Å². The number of amides is 1. The molecular formula is C19H16BrNO2S2. The van der Waals surface area contributed by atoms with Gasteiger partial charge in [0, 0.05) is 10.0 Å². The zero-order chi connectivity index (χ0) is 17.6. The van der Waals surface area contributed by atoms with Crippen molar-refractivity contribution in [2.24, 2.45) is 0 Å². The molecule has 0 atom stereocenters. The Balaban J connectivity index is 1.66. The van der Waals surface area contributed by atoms with Crippen molar-refractivity contribution in [2.45, 2.75) is 12.8 Å². The second-order valence-corrected chi connectivity index (χ2v) is 8.11. The number of hydrogen-bond donors (Lipinski definition) is 1. The summed E-state index contributed by atoms with van der Waals surface area (Å²) in [4.78, 5) is 12.4. The second kappa shape index (κ2) is 8.65. The van der Waals surface area contributed by atoms with Crippen LogP contribution in [0.4, 0.5) is 0 Å². The fourth-order valence-electron chi connectivity index (χ4n) is 2.43. The lowest BCUT2D eigenvalue weighted by molar-refractivity contribution is -0.115. The number of halogens is 1. The summed E-state index contributed by atoms with van der Waals surface area (Å²) in [5.41, 5.74) is 2.16. The molecule has 0 aliphatic carbocycles. The van der Waals surface area contributed by atoms with Crippen molar-refractivity contribution >= 4 is 56.2 Å². The molecule has 6 heteroatoms. The maximum Gasteiger partial charge on any atom is 0.263 e. The first kappa shape index (κ1) is 18.2. The highest BCUT2D eigenvalue weighted by Gasteiger charge is 2.22. The molecule has 0 spiro atoms. The van der Waals surface area contributed by atoms with Gasteiger partial charge in [-0.25, -0.2) is 0 Å². The van der Waals surface area contributed by atoms with Gasteiger partial charge in [0.1, 0.15) is 10.1 Å². The predicted molar refractivity (Wildman–Crippen MR) is 111 cm³/mol. The molecule has 0 saturated carbocycles. The second-order valence-electron chi connectivity index (χ2n) is 5.47. The molecule has 0 bridgehead atoms. The molecule has 1 fully saturated rings. The summed E-state index contributed by atoms with van der Waals surface area (Å²) in [5, 5.41) is 2.63. The van der Waals surface area contributed by atoms with Gasteiger partial charge < -0.3 is 10.1 Å². The minimum Gasteiger partial charge on any atom is -0.493 e. The Bertz CT molecular complexity index is 821. The molecule has 1 aliphatic heterocycles. The van der Waals surface area contributed by atoms with Crippen LogP contribution in [0.3, 0.4) is 0 Å². The molecule has 1 amide bonds. The van der Waals surface area contributed by atoms with Crippen LogP contribution in [0.1, 0.15) is 17.5 Å². The SMILES string of the molecule is O=C1NC(=S)SC1=Cc1cc(Br)ccc1OCCCc1ccccc1. The molecule has 1 saturated heterocycles. The third kappa shape index (κ3) is 5.17. The lowest BCUT2D eigenvalue weighted by atomic mass is 10.1. The summed E-state index contributed by atoms with van der Waals surface area (Å²) in [7, 11) is 0. The first-order chi connectivity index (χ1) is 12.1. The van der Waals surface area contributed by atoms with Gasteiger partial charge in [-0.15, -0.1) is 0 Å². The van der Waals surface area contributed by atoms with Gasteiger partial charge in [0.25, 0.3) is 5.91 Å². The number of rotatable bonds is 6. The van der Waals surface area contributed by atoms with Gasteiger partial charge >= 0.3 is 0 Å². The molecule has 3 nitrogen and oxygen atoms in total. The van der Waals surface area contributed by atoms with Crippen LogP contribution in [-0.4, -0.2) is 16.8 Å². The Morgan fingerprint density at radius 2 is 2.00 bits per heavy atom. The van der Waals surface area contributed by atoms with Crippen LogP contribution in [0.5, 0.6) is 5.75 Å². The lowest BCUT2D eigenvalue weighted by Gasteiger charge is -2.10. The summed E-state index contributed by atoms with van der Waals surface area (Å²) in [6.07, 6.45) is 3.71. The minimum atomic E-state index is -0.162. The molecule has 0 unspecified atom stereocenters. The van der Waals surface area contributed by atoms with E-state index in [0.29, 0.717) is 15.8 Å². The topological polar surface area (TPSA) is 38.3 Å². The average Bonchev–Trinajstić information content (AvgIpc) is 2.91. The van der Waals surface area contributed by atoms with E-state index in [4.69, 9.17) is 17.0 Å². The number of benzene rings is 2. The number of ether oxygens (including phenoxy) is 1. The van der Waals surface area contributed by atoms with Crippen molar-refractivity contribution in [1.29, 1.82) is 0 Å². The fourth-order valence-corrected chi connectivity index (χ4v) is 3.84. The third-order valence-corrected chi connectivity index (χ3v) is 5.27. The maximum absolute atomic E-state index is 11.9. The highest BCUT2D eigenvalue weighted by atomic mass is 79.9. The molecule has 1 N–H and O–H groups in total. The van der Waals surface area contributed by atoms with E-state index in [1.54, 1.807) is 0 Å². The summed E-state index contributed by atoms with van der Waals surface area (Å²) < 4.78 is 7.36. The number of nitrogens with one attached hydrogen (secondary N) is 1. The van der Waals surface area contributed by atoms with Crippen molar-refractivity contribution < 1.29 is 9.53 Å². The van der Waals surface area contributed by atoms with Crippen LogP contribution in [0.2, 0.25) is 0 Å². The normalized spacial score (nSPS) is 15.5. The van der Waals surface area contributed by atoms with E-state index in [1.165, 1.54) is 17.3 Å². The Morgan fingerprint density at radius 3 is 2.72 bits per heavy atom. The molecule has 1 aliphatic rings. The average molecular weight is 434 g/mol. The summed E-state index contributed by atoms with van der Waals surface area (Å²) in [6, 6.07) is 16.1. The number of aryl methyl sites for hydroxylation is 1. The van der Waals surface area contributed by atoms with Gasteiger partial charge in [0.05, 0.1) is 11.5 Å². The Morgan fingerprint density at radius 1 is 1.20 bits per heavy atom. The van der Waals surface area contributed by atoms with E-state index in [9.17, 15) is 4.79 Å². The first-order valence-corrected chi connectivity index (χ1v) is 9.85. The summed E-state index contributed by atoms with van der Waals surface area (Å²) >= 11 is 9.77. The van der Waals surface area contributed by atoms with Crippen LogP contribution in [0.25, 0.3) is 6.08 Å². The van der Waals surface area contributed by atoms with Crippen molar-refractivity contribution in [1.82, 2.24) is 5.32 Å². The summed E-state index contributed by atoms with van der Waals surface area (Å²) in [6.45, 7) is 0.616. The number of carbonyl (C=O) groups excluding carboxylic acids is 1. The molecule has 2 aromatic rings. The quantitative estimate of drug-likeness (QED) is 0.397. The molecule has 128 valence electrons. The van der Waals surface area contributed by atoms with Crippen molar-refractivity contribution in [3.8, 4) is 5.75 Å². The molecule has 2 aromatic carbocycles. The van der Waals surface area contributed by atoms with E-state index in [2.05, 4.69) is 33.4 Å². The van der Waals surface area contributed by atoms with Gasteiger partial charge in [0.2, 0.25) is 0 Å². The van der Waals surface area contributed by atoms with E-state index < -0.39 is 0 Å². The van der Waals surface area contributed by atoms with Crippen LogP contribution in [0, 0.1) is 0 Å². The lowest BCUT2D eigenvalue weighted by Crippen LogP contribution is -2.17. The Hall–Kier alpha value is -1.63. The molecule has 0 aromatic heterocycles. The van der Waals surface area contributed by atoms with Crippen LogP contribution < -0.4 is 10.1 Å². The van der Waals surface area contributed by atoms with Gasteiger partial charge in [-0.05, 0) is 42.7 Å². The van der Waals surface area contributed by atoms with Gasteiger partial charge in [-0.1, -0.05) is 70.2 Å². The molecule has 1 heterocycles. The monoisotopic (exact) mass is 433 g/mol. The largest absolute Gasteiger partial charge is 0.493 e. The Labute approximate surface area is 165 Å². The van der Waals surface area contributed by atoms with Crippen molar-refractivity contribution in [3.05, 3.63) is 69.0 Å². The first-order valence-electron chi connectivity index (χ1n) is 7.83. The van der Waals surface area contributed by atoms with E-state index in [0.717, 1.165) is 28.6 Å². The number of thioether (sulfide) groups is 1. The smallest absolute Gasteiger partial charge is 0.263 e. The highest BCUT2D eigenvalue weighted by Crippen LogP contribution is 2.31. The zero-order valence-corrected chi connectivity index (χ0v) is 16.5. The Kier molecular flexibility index (Phi) is 6.29. The van der Waals surface area contributed by atoms with E-state index >= 15 is 0 Å². The minimum absolute atomic E-state index is 0.162. The summed E-state index contributed by atoms with van der Waals surface area (Å²) in [5.74, 6) is 0.597. The molecular weight excluding hydrogens is 418 g/mol. The fraction of sp³-hybridized carbons (Fsp3) is 0.158. The molecule has 25 heavy (non-hydrogen) atoms. The predicted octanol–water partition coefficient (Wildman–Crippen LogP) is 4.95. The van der Waals surface area contributed by atoms with Gasteiger partial charge in [-0.3, -0.25) is 4.79 Å². The third-order valence-electron chi connectivity index (χ3n) is 3.61. The maximum atomic E-state index is 11.9. The molecule has 0 radical (unpaired) electrons. The zero-order valence-electron chi connectivity index (χ0n) is 13.3. The van der Waals surface area contributed by atoms with Crippen LogP contribution >= 0.6 is 39.9 Å². The van der Waals surface area contributed by atoms with E-state index in [1.807, 2.05) is 42.5 Å². The van der Waals surface area contributed by atoms with E-state index in [-0.39, 0.29) is 5.91 Å². The number of carbonyl (C=O) groups is 1.